The Balaban J connectivity index is 2.34. The second kappa shape index (κ2) is 5.59. The second-order valence-corrected chi connectivity index (χ2v) is 4.23. The number of aromatic nitrogens is 1. The number of nitrogens with zero attached hydrogens (tertiary/aromatic N) is 3. The average molecular weight is 311 g/mol. The van der Waals surface area contributed by atoms with E-state index in [1.54, 1.807) is 0 Å². The first-order valence-corrected chi connectivity index (χ1v) is 5.78. The molecule has 1 aromatic carbocycles. The van der Waals surface area contributed by atoms with Gasteiger partial charge in [0.1, 0.15) is 11.6 Å². The van der Waals surface area contributed by atoms with Gasteiger partial charge in [0, 0.05) is 12.1 Å². The van der Waals surface area contributed by atoms with Crippen LogP contribution >= 0.6 is 11.6 Å². The van der Waals surface area contributed by atoms with Crippen LogP contribution < -0.4 is 10.5 Å². The molecule has 0 spiro atoms. The van der Waals surface area contributed by atoms with Crippen molar-refractivity contribution in [2.75, 3.05) is 5.73 Å². The molecule has 0 radical (unpaired) electrons. The molecular formula is C11H7ClN4O5. The Kier molecular flexibility index (Phi) is 3.85. The zero-order valence-corrected chi connectivity index (χ0v) is 11.0. The van der Waals surface area contributed by atoms with Crippen molar-refractivity contribution in [3.05, 3.63) is 55.6 Å². The standard InChI is InChI=1S/C11H7ClN4O5/c12-8-3-6(15(17)18)1-2-9(8)21-11-5-7(16(19)20)4-10(13)14-11/h1-5H,(H2,13,14). The summed E-state index contributed by atoms with van der Waals surface area (Å²) in [7, 11) is 0. The minimum atomic E-state index is -0.650. The van der Waals surface area contributed by atoms with E-state index in [9.17, 15) is 20.2 Å². The largest absolute Gasteiger partial charge is 0.437 e. The molecule has 21 heavy (non-hydrogen) atoms. The van der Waals surface area contributed by atoms with Crippen LogP contribution in [0.5, 0.6) is 11.6 Å². The van der Waals surface area contributed by atoms with Crippen LogP contribution in [0.2, 0.25) is 5.02 Å². The molecule has 0 saturated carbocycles. The highest BCUT2D eigenvalue weighted by atomic mass is 35.5. The molecule has 1 heterocycles. The predicted octanol–water partition coefficient (Wildman–Crippen LogP) is 2.93. The maximum absolute atomic E-state index is 10.7. The van der Waals surface area contributed by atoms with Crippen LogP contribution in [0, 0.1) is 20.2 Å². The van der Waals surface area contributed by atoms with Crippen molar-refractivity contribution in [2.45, 2.75) is 0 Å². The Bertz CT molecular complexity index is 737. The molecule has 0 aliphatic rings. The number of halogens is 1. The smallest absolute Gasteiger partial charge is 0.278 e. The fourth-order valence-electron chi connectivity index (χ4n) is 1.47. The lowest BCUT2D eigenvalue weighted by Crippen LogP contribution is -1.97. The third kappa shape index (κ3) is 3.34. The molecule has 0 fully saturated rings. The van der Waals surface area contributed by atoms with E-state index in [1.807, 2.05) is 0 Å². The number of nitrogen functional groups attached to an aromatic ring is 1. The zero-order chi connectivity index (χ0) is 15.6. The molecule has 0 aliphatic heterocycles. The van der Waals surface area contributed by atoms with Gasteiger partial charge in [-0.05, 0) is 6.07 Å². The number of rotatable bonds is 4. The number of nitrogens with two attached hydrogens (primary N) is 1. The van der Waals surface area contributed by atoms with Gasteiger partial charge in [-0.1, -0.05) is 11.6 Å². The summed E-state index contributed by atoms with van der Waals surface area (Å²) >= 11 is 5.84. The first-order chi connectivity index (χ1) is 9.86. The molecule has 9 nitrogen and oxygen atoms in total. The lowest BCUT2D eigenvalue weighted by molar-refractivity contribution is -0.385. The number of anilines is 1. The molecule has 2 N–H and O–H groups in total. The average Bonchev–Trinajstić information content (AvgIpc) is 2.40. The fraction of sp³-hybridized carbons (Fsp3) is 0. The third-order valence-electron chi connectivity index (χ3n) is 2.36. The van der Waals surface area contributed by atoms with Crippen LogP contribution in [0.4, 0.5) is 17.2 Å². The summed E-state index contributed by atoms with van der Waals surface area (Å²) in [5.41, 5.74) is 4.93. The minimum absolute atomic E-state index is 0.0314. The summed E-state index contributed by atoms with van der Waals surface area (Å²) in [6.07, 6.45) is 0. The number of non-ortho nitro benzene ring substituents is 1. The van der Waals surface area contributed by atoms with E-state index in [4.69, 9.17) is 22.1 Å². The van der Waals surface area contributed by atoms with Crippen molar-refractivity contribution in [2.24, 2.45) is 0 Å². The van der Waals surface area contributed by atoms with Gasteiger partial charge in [0.25, 0.3) is 11.4 Å². The van der Waals surface area contributed by atoms with E-state index in [-0.39, 0.29) is 33.8 Å². The van der Waals surface area contributed by atoms with Gasteiger partial charge in [0.05, 0.1) is 27.0 Å². The molecule has 108 valence electrons. The number of benzene rings is 1. The van der Waals surface area contributed by atoms with E-state index in [0.717, 1.165) is 18.2 Å². The van der Waals surface area contributed by atoms with E-state index >= 15 is 0 Å². The molecule has 2 aromatic rings. The molecule has 0 atom stereocenters. The molecule has 1 aromatic heterocycles. The van der Waals surface area contributed by atoms with Gasteiger partial charge in [-0.15, -0.1) is 0 Å². The molecular weight excluding hydrogens is 304 g/mol. The molecule has 2 rings (SSSR count). The Morgan fingerprint density at radius 2 is 1.76 bits per heavy atom. The first-order valence-electron chi connectivity index (χ1n) is 5.40. The summed E-state index contributed by atoms with van der Waals surface area (Å²) in [6, 6.07) is 5.68. The summed E-state index contributed by atoms with van der Waals surface area (Å²) in [6.45, 7) is 0. The highest BCUT2D eigenvalue weighted by Crippen LogP contribution is 2.33. The molecule has 10 heteroatoms. The highest BCUT2D eigenvalue weighted by molar-refractivity contribution is 6.32. The Hall–Kier alpha value is -2.94. The highest BCUT2D eigenvalue weighted by Gasteiger charge is 2.14. The summed E-state index contributed by atoms with van der Waals surface area (Å²) in [5.74, 6) is -0.177. The zero-order valence-electron chi connectivity index (χ0n) is 10.2. The van der Waals surface area contributed by atoms with Crippen LogP contribution in [0.1, 0.15) is 0 Å². The topological polar surface area (TPSA) is 134 Å². The Labute approximate surface area is 122 Å². The number of nitro groups is 2. The third-order valence-corrected chi connectivity index (χ3v) is 2.65. The SMILES string of the molecule is Nc1cc([N+](=O)[O-])cc(Oc2ccc([N+](=O)[O-])cc2Cl)n1. The number of hydrogen-bond acceptors (Lipinski definition) is 7. The maximum Gasteiger partial charge on any atom is 0.278 e. The Morgan fingerprint density at radius 3 is 2.33 bits per heavy atom. The van der Waals surface area contributed by atoms with E-state index in [1.165, 1.54) is 12.1 Å². The minimum Gasteiger partial charge on any atom is -0.437 e. The van der Waals surface area contributed by atoms with Crippen LogP contribution in [0.25, 0.3) is 0 Å². The van der Waals surface area contributed by atoms with E-state index in [2.05, 4.69) is 4.98 Å². The van der Waals surface area contributed by atoms with Gasteiger partial charge in [0.2, 0.25) is 5.88 Å². The normalized spacial score (nSPS) is 10.1. The molecule has 0 amide bonds. The Morgan fingerprint density at radius 1 is 1.10 bits per heavy atom. The predicted molar refractivity (Wildman–Crippen MR) is 73.5 cm³/mol. The summed E-state index contributed by atoms with van der Waals surface area (Å²) in [5, 5.41) is 21.3. The first kappa shape index (κ1) is 14.5. The summed E-state index contributed by atoms with van der Waals surface area (Å²) < 4.78 is 5.27. The van der Waals surface area contributed by atoms with Crippen LogP contribution in [-0.4, -0.2) is 14.8 Å². The molecule has 0 unspecified atom stereocenters. The van der Waals surface area contributed by atoms with Gasteiger partial charge >= 0.3 is 0 Å². The second-order valence-electron chi connectivity index (χ2n) is 3.82. The lowest BCUT2D eigenvalue weighted by Gasteiger charge is -2.07. The van der Waals surface area contributed by atoms with Gasteiger partial charge in [-0.2, -0.15) is 4.98 Å². The number of ether oxygens (including phenoxy) is 1. The maximum atomic E-state index is 10.7. The van der Waals surface area contributed by atoms with Gasteiger partial charge < -0.3 is 10.5 Å². The molecule has 0 bridgehead atoms. The quantitative estimate of drug-likeness (QED) is 0.677. The van der Waals surface area contributed by atoms with Gasteiger partial charge in [-0.25, -0.2) is 0 Å². The van der Waals surface area contributed by atoms with Crippen LogP contribution in [0.15, 0.2) is 30.3 Å². The number of hydrogen-bond donors (Lipinski definition) is 1. The molecule has 0 saturated heterocycles. The van der Waals surface area contributed by atoms with E-state index < -0.39 is 9.85 Å². The van der Waals surface area contributed by atoms with Crippen LogP contribution in [0.3, 0.4) is 0 Å². The van der Waals surface area contributed by atoms with Crippen molar-refractivity contribution >= 4 is 28.8 Å². The lowest BCUT2D eigenvalue weighted by atomic mass is 10.3. The van der Waals surface area contributed by atoms with E-state index in [0.29, 0.717) is 0 Å². The van der Waals surface area contributed by atoms with Gasteiger partial charge in [-0.3, -0.25) is 20.2 Å². The van der Waals surface area contributed by atoms with Crippen molar-refractivity contribution < 1.29 is 14.6 Å². The van der Waals surface area contributed by atoms with Crippen LogP contribution in [-0.2, 0) is 0 Å². The van der Waals surface area contributed by atoms with Crippen molar-refractivity contribution in [3.8, 4) is 11.6 Å². The van der Waals surface area contributed by atoms with Crippen molar-refractivity contribution in [1.82, 2.24) is 4.98 Å². The molecule has 0 aliphatic carbocycles. The summed E-state index contributed by atoms with van der Waals surface area (Å²) in [4.78, 5) is 23.8. The van der Waals surface area contributed by atoms with Crippen molar-refractivity contribution in [1.29, 1.82) is 0 Å². The fourth-order valence-corrected chi connectivity index (χ4v) is 1.68. The number of nitro benzene ring substituents is 1. The van der Waals surface area contributed by atoms with Crippen molar-refractivity contribution in [3.63, 3.8) is 0 Å². The van der Waals surface area contributed by atoms with Gasteiger partial charge in [0.15, 0.2) is 0 Å². The monoisotopic (exact) mass is 310 g/mol. The number of pyridine rings is 1.